The van der Waals surface area contributed by atoms with E-state index >= 15 is 0 Å². The Hall–Kier alpha value is -2.15. The molecular weight excluding hydrogens is 247 g/mol. The van der Waals surface area contributed by atoms with Crippen molar-refractivity contribution in [1.29, 1.82) is 0 Å². The van der Waals surface area contributed by atoms with Gasteiger partial charge in [-0.3, -0.25) is 0 Å². The molecule has 0 N–H and O–H groups in total. The molecule has 2 aliphatic carbocycles. The third-order valence-corrected chi connectivity index (χ3v) is 4.22. The van der Waals surface area contributed by atoms with Crippen LogP contribution in [0.1, 0.15) is 24.0 Å². The van der Waals surface area contributed by atoms with Gasteiger partial charge in [0, 0.05) is 5.41 Å². The highest BCUT2D eigenvalue weighted by Gasteiger charge is 2.43. The molecule has 0 atom stereocenters. The average molecular weight is 262 g/mol. The summed E-state index contributed by atoms with van der Waals surface area (Å²) in [5, 5.41) is 0. The molecule has 20 heavy (non-hydrogen) atoms. The van der Waals surface area contributed by atoms with E-state index < -0.39 is 0 Å². The van der Waals surface area contributed by atoms with E-state index in [0.717, 1.165) is 5.56 Å². The van der Waals surface area contributed by atoms with Gasteiger partial charge in [0.25, 0.3) is 0 Å². The maximum absolute atomic E-state index is 13.1. The van der Waals surface area contributed by atoms with Crippen molar-refractivity contribution >= 4 is 11.1 Å². The molecule has 2 aliphatic rings. The minimum atomic E-state index is -0.182. The third-order valence-electron chi connectivity index (χ3n) is 4.22. The predicted octanol–water partition coefficient (Wildman–Crippen LogP) is 5.09. The quantitative estimate of drug-likeness (QED) is 0.707. The molecule has 0 saturated heterocycles. The van der Waals surface area contributed by atoms with Gasteiger partial charge in [0.15, 0.2) is 0 Å². The molecule has 0 nitrogen and oxygen atoms in total. The van der Waals surface area contributed by atoms with Gasteiger partial charge < -0.3 is 0 Å². The van der Waals surface area contributed by atoms with Crippen LogP contribution in [0.5, 0.6) is 0 Å². The molecule has 0 aromatic heterocycles. The van der Waals surface area contributed by atoms with Crippen molar-refractivity contribution in [2.24, 2.45) is 5.41 Å². The van der Waals surface area contributed by atoms with Crippen molar-refractivity contribution in [1.82, 2.24) is 0 Å². The Balaban J connectivity index is 1.82. The van der Waals surface area contributed by atoms with Crippen LogP contribution in [0.2, 0.25) is 0 Å². The minimum absolute atomic E-state index is 0.182. The Morgan fingerprint density at radius 3 is 1.80 bits per heavy atom. The Morgan fingerprint density at radius 1 is 0.700 bits per heavy atom. The summed E-state index contributed by atoms with van der Waals surface area (Å²) in [5.74, 6) is -0.182. The number of allylic oxidation sites excluding steroid dienone is 4. The first-order valence-corrected chi connectivity index (χ1v) is 7.03. The van der Waals surface area contributed by atoms with Gasteiger partial charge in [0.05, 0.1) is 0 Å². The fraction of sp³-hybridized carbons (Fsp3) is 0.158. The van der Waals surface area contributed by atoms with Crippen molar-refractivity contribution in [2.45, 2.75) is 12.8 Å². The highest BCUT2D eigenvalue weighted by atomic mass is 19.1. The van der Waals surface area contributed by atoms with Crippen LogP contribution in [0, 0.1) is 11.2 Å². The van der Waals surface area contributed by atoms with E-state index in [1.165, 1.54) is 41.7 Å². The van der Waals surface area contributed by atoms with Crippen molar-refractivity contribution in [3.05, 3.63) is 83.7 Å². The van der Waals surface area contributed by atoms with E-state index in [0.29, 0.717) is 0 Å². The predicted molar refractivity (Wildman–Crippen MR) is 80.5 cm³/mol. The second-order valence-corrected chi connectivity index (χ2v) is 5.72. The molecule has 1 heteroatoms. The lowest BCUT2D eigenvalue weighted by molar-refractivity contribution is 0.627. The van der Waals surface area contributed by atoms with Crippen LogP contribution in [-0.2, 0) is 0 Å². The van der Waals surface area contributed by atoms with Gasteiger partial charge in [0.1, 0.15) is 5.82 Å². The highest BCUT2D eigenvalue weighted by Crippen LogP contribution is 2.57. The fourth-order valence-corrected chi connectivity index (χ4v) is 2.93. The van der Waals surface area contributed by atoms with Gasteiger partial charge in [-0.2, -0.15) is 0 Å². The van der Waals surface area contributed by atoms with Crippen LogP contribution < -0.4 is 0 Å². The third kappa shape index (κ3) is 1.90. The van der Waals surface area contributed by atoms with E-state index in [4.69, 9.17) is 0 Å². The lowest BCUT2D eigenvalue weighted by atomic mass is 9.95. The molecule has 0 unspecified atom stereocenters. The molecule has 1 spiro atoms. The summed E-state index contributed by atoms with van der Waals surface area (Å²) in [6, 6.07) is 17.3. The van der Waals surface area contributed by atoms with E-state index in [1.54, 1.807) is 0 Å². The van der Waals surface area contributed by atoms with Crippen molar-refractivity contribution in [3.8, 4) is 0 Å². The Labute approximate surface area is 118 Å². The van der Waals surface area contributed by atoms with E-state index in [-0.39, 0.29) is 11.2 Å². The monoisotopic (exact) mass is 262 g/mol. The van der Waals surface area contributed by atoms with Crippen LogP contribution in [0.15, 0.2) is 66.7 Å². The molecule has 0 heterocycles. The van der Waals surface area contributed by atoms with E-state index in [1.807, 2.05) is 18.2 Å². The molecule has 98 valence electrons. The van der Waals surface area contributed by atoms with Gasteiger partial charge in [-0.25, -0.2) is 4.39 Å². The summed E-state index contributed by atoms with van der Waals surface area (Å²) in [6.07, 6.45) is 7.21. The van der Waals surface area contributed by atoms with Crippen molar-refractivity contribution < 1.29 is 4.39 Å². The first-order chi connectivity index (χ1) is 9.76. The second kappa shape index (κ2) is 4.17. The first kappa shape index (κ1) is 11.7. The zero-order valence-electron chi connectivity index (χ0n) is 11.1. The van der Waals surface area contributed by atoms with Crippen LogP contribution in [0.4, 0.5) is 4.39 Å². The summed E-state index contributed by atoms with van der Waals surface area (Å²) in [5.41, 5.74) is 5.15. The molecule has 1 fully saturated rings. The SMILES string of the molecule is Fc1ccc(C2=CC3(C=C2c2ccccc2)CC3)cc1. The van der Waals surface area contributed by atoms with Gasteiger partial charge >= 0.3 is 0 Å². The normalized spacial score (nSPS) is 18.9. The first-order valence-electron chi connectivity index (χ1n) is 7.03. The topological polar surface area (TPSA) is 0 Å². The van der Waals surface area contributed by atoms with Crippen LogP contribution >= 0.6 is 0 Å². The molecule has 0 bridgehead atoms. The fourth-order valence-electron chi connectivity index (χ4n) is 2.93. The molecule has 0 radical (unpaired) electrons. The van der Waals surface area contributed by atoms with Gasteiger partial charge in [-0.05, 0) is 47.2 Å². The minimum Gasteiger partial charge on any atom is -0.207 e. The molecule has 4 rings (SSSR count). The molecular formula is C19H15F. The zero-order valence-corrected chi connectivity index (χ0v) is 11.1. The number of rotatable bonds is 2. The summed E-state index contributed by atoms with van der Waals surface area (Å²) >= 11 is 0. The zero-order chi connectivity index (χ0) is 13.6. The number of halogens is 1. The molecule has 2 aromatic carbocycles. The van der Waals surface area contributed by atoms with Crippen LogP contribution in [0.25, 0.3) is 11.1 Å². The number of hydrogen-bond donors (Lipinski definition) is 0. The van der Waals surface area contributed by atoms with Crippen LogP contribution in [0.3, 0.4) is 0 Å². The van der Waals surface area contributed by atoms with E-state index in [9.17, 15) is 4.39 Å². The van der Waals surface area contributed by atoms with E-state index in [2.05, 4.69) is 36.4 Å². The van der Waals surface area contributed by atoms with Gasteiger partial charge in [0.2, 0.25) is 0 Å². The smallest absolute Gasteiger partial charge is 0.123 e. The maximum Gasteiger partial charge on any atom is 0.123 e. The van der Waals surface area contributed by atoms with Gasteiger partial charge in [-0.15, -0.1) is 0 Å². The highest BCUT2D eigenvalue weighted by molar-refractivity contribution is 6.08. The van der Waals surface area contributed by atoms with Gasteiger partial charge in [-0.1, -0.05) is 54.6 Å². The Bertz CT molecular complexity index is 701. The lowest BCUT2D eigenvalue weighted by Gasteiger charge is -2.09. The summed E-state index contributed by atoms with van der Waals surface area (Å²) in [4.78, 5) is 0. The summed E-state index contributed by atoms with van der Waals surface area (Å²) in [7, 11) is 0. The second-order valence-electron chi connectivity index (χ2n) is 5.72. The molecule has 1 saturated carbocycles. The lowest BCUT2D eigenvalue weighted by Crippen LogP contribution is -1.88. The molecule has 2 aromatic rings. The average Bonchev–Trinajstić information content (AvgIpc) is 3.12. The Morgan fingerprint density at radius 2 is 1.25 bits per heavy atom. The largest absolute Gasteiger partial charge is 0.207 e. The van der Waals surface area contributed by atoms with Crippen molar-refractivity contribution in [3.63, 3.8) is 0 Å². The summed E-state index contributed by atoms with van der Waals surface area (Å²) in [6.45, 7) is 0. The molecule has 0 amide bonds. The standard InChI is InChI=1S/C19H15F/c20-16-8-6-15(7-9-16)18-13-19(10-11-19)12-17(18)14-4-2-1-3-5-14/h1-9,12-13H,10-11H2. The number of benzene rings is 2. The Kier molecular flexibility index (Phi) is 2.43. The molecule has 0 aliphatic heterocycles. The maximum atomic E-state index is 13.1. The van der Waals surface area contributed by atoms with Crippen molar-refractivity contribution in [2.75, 3.05) is 0 Å². The summed E-state index contributed by atoms with van der Waals surface area (Å²) < 4.78 is 13.1. The van der Waals surface area contributed by atoms with Crippen LogP contribution in [-0.4, -0.2) is 0 Å². The number of hydrogen-bond acceptors (Lipinski definition) is 0.